The monoisotopic (exact) mass is 495 g/mol. The Balaban J connectivity index is 1.91. The highest BCUT2D eigenvalue weighted by Gasteiger charge is 2.65. The fraction of sp³-hybridized carbons (Fsp3) is 0.375. The molecule has 3 aromatic rings. The number of aryl methyl sites for hydroxylation is 1. The van der Waals surface area contributed by atoms with Crippen LogP contribution < -0.4 is 10.3 Å². The summed E-state index contributed by atoms with van der Waals surface area (Å²) in [6.45, 7) is 3.72. The van der Waals surface area contributed by atoms with E-state index >= 15 is 0 Å². The molecule has 0 unspecified atom stereocenters. The van der Waals surface area contributed by atoms with Crippen LogP contribution in [0.2, 0.25) is 0 Å². The zero-order valence-electron chi connectivity index (χ0n) is 19.2. The van der Waals surface area contributed by atoms with Gasteiger partial charge in [-0.05, 0) is 26.0 Å². The minimum absolute atomic E-state index is 0.0338. The Hall–Kier alpha value is -3.34. The van der Waals surface area contributed by atoms with Crippen LogP contribution in [0.1, 0.15) is 43.0 Å². The van der Waals surface area contributed by atoms with Crippen molar-refractivity contribution in [2.45, 2.75) is 44.6 Å². The second-order valence-electron chi connectivity index (χ2n) is 8.59. The fourth-order valence-corrected chi connectivity index (χ4v) is 4.64. The highest BCUT2D eigenvalue weighted by molar-refractivity contribution is 5.63. The number of pyridine rings is 1. The number of hydrogen-bond acceptors (Lipinski definition) is 5. The predicted octanol–water partition coefficient (Wildman–Crippen LogP) is 5.24. The summed E-state index contributed by atoms with van der Waals surface area (Å²) in [6.07, 6.45) is -3.26. The number of hydrogen-bond donors (Lipinski definition) is 1. The number of ether oxygens (including phenoxy) is 2. The van der Waals surface area contributed by atoms with Crippen LogP contribution in [0.25, 0.3) is 11.1 Å². The highest BCUT2D eigenvalue weighted by atomic mass is 19.4. The summed E-state index contributed by atoms with van der Waals surface area (Å²) in [5.74, 6) is -5.71. The highest BCUT2D eigenvalue weighted by Crippen LogP contribution is 2.59. The van der Waals surface area contributed by atoms with Crippen LogP contribution in [-0.4, -0.2) is 33.8 Å². The summed E-state index contributed by atoms with van der Waals surface area (Å²) in [5, 5.41) is 0. The van der Waals surface area contributed by atoms with Crippen LogP contribution >= 0.6 is 0 Å². The first kappa shape index (κ1) is 24.8. The first-order valence-corrected chi connectivity index (χ1v) is 10.7. The maximum Gasteiger partial charge on any atom is 0.417 e. The number of aromatic nitrogens is 3. The molecule has 1 fully saturated rings. The first-order valence-electron chi connectivity index (χ1n) is 10.7. The lowest BCUT2D eigenvalue weighted by atomic mass is 9.77. The second-order valence-corrected chi connectivity index (χ2v) is 8.59. The molecule has 6 nitrogen and oxygen atoms in total. The van der Waals surface area contributed by atoms with Crippen molar-refractivity contribution < 1.29 is 31.4 Å². The smallest absolute Gasteiger partial charge is 0.417 e. The summed E-state index contributed by atoms with van der Waals surface area (Å²) in [7, 11) is 1.09. The van der Waals surface area contributed by atoms with Crippen LogP contribution in [0.4, 0.5) is 22.0 Å². The van der Waals surface area contributed by atoms with Crippen molar-refractivity contribution in [3.05, 3.63) is 75.7 Å². The molecule has 2 aromatic heterocycles. The molecule has 4 rings (SSSR count). The number of benzene rings is 1. The normalized spacial score (nSPS) is 24.5. The van der Waals surface area contributed by atoms with Gasteiger partial charge in [-0.1, -0.05) is 19.1 Å². The second kappa shape index (κ2) is 8.71. The van der Waals surface area contributed by atoms with E-state index in [4.69, 9.17) is 9.47 Å². The van der Waals surface area contributed by atoms with Crippen LogP contribution in [0.3, 0.4) is 0 Å². The van der Waals surface area contributed by atoms with Crippen LogP contribution in [0.5, 0.6) is 5.75 Å². The fourth-order valence-electron chi connectivity index (χ4n) is 4.64. The van der Waals surface area contributed by atoms with Gasteiger partial charge in [0, 0.05) is 35.4 Å². The molecule has 3 heterocycles. The Bertz CT molecular complexity index is 1310. The molecule has 186 valence electrons. The van der Waals surface area contributed by atoms with E-state index in [1.807, 2.05) is 0 Å². The molecule has 0 radical (unpaired) electrons. The van der Waals surface area contributed by atoms with Crippen molar-refractivity contribution in [3.8, 4) is 16.9 Å². The molecular formula is C24H22F5N3O3. The molecular weight excluding hydrogens is 473 g/mol. The zero-order valence-corrected chi connectivity index (χ0v) is 19.2. The molecule has 0 spiro atoms. The number of halogens is 5. The number of nitrogens with one attached hydrogen (secondary N) is 1. The number of aromatic amines is 1. The maximum absolute atomic E-state index is 14.5. The van der Waals surface area contributed by atoms with E-state index in [9.17, 15) is 26.7 Å². The molecule has 1 aromatic carbocycles. The molecule has 1 aliphatic heterocycles. The number of methoxy groups -OCH3 is 1. The van der Waals surface area contributed by atoms with Gasteiger partial charge in [-0.2, -0.15) is 17.6 Å². The van der Waals surface area contributed by atoms with Crippen molar-refractivity contribution in [2.75, 3.05) is 7.11 Å². The molecule has 0 aliphatic carbocycles. The van der Waals surface area contributed by atoms with Crippen molar-refractivity contribution in [2.24, 2.45) is 5.92 Å². The van der Waals surface area contributed by atoms with Crippen LogP contribution in [0, 0.1) is 24.5 Å². The number of alkyl halides is 3. The average Bonchev–Trinajstić information content (AvgIpc) is 3.07. The summed E-state index contributed by atoms with van der Waals surface area (Å²) < 4.78 is 81.5. The molecule has 0 saturated carbocycles. The van der Waals surface area contributed by atoms with Gasteiger partial charge in [0.1, 0.15) is 11.9 Å². The van der Waals surface area contributed by atoms with Gasteiger partial charge in [0.05, 0.1) is 18.4 Å². The molecule has 35 heavy (non-hydrogen) atoms. The van der Waals surface area contributed by atoms with E-state index in [1.165, 1.54) is 26.2 Å². The summed E-state index contributed by atoms with van der Waals surface area (Å²) in [4.78, 5) is 23.9. The quantitative estimate of drug-likeness (QED) is 0.501. The van der Waals surface area contributed by atoms with Crippen molar-refractivity contribution in [1.29, 1.82) is 0 Å². The Morgan fingerprint density at radius 1 is 1.20 bits per heavy atom. The third-order valence-electron chi connectivity index (χ3n) is 6.65. The van der Waals surface area contributed by atoms with Gasteiger partial charge >= 0.3 is 6.18 Å². The summed E-state index contributed by atoms with van der Waals surface area (Å²) in [5.41, 5.74) is -2.39. The summed E-state index contributed by atoms with van der Waals surface area (Å²) >= 11 is 0. The molecule has 1 aliphatic rings. The van der Waals surface area contributed by atoms with E-state index in [1.54, 1.807) is 12.1 Å². The van der Waals surface area contributed by atoms with E-state index in [0.717, 1.165) is 26.2 Å². The first-order chi connectivity index (χ1) is 16.4. The molecule has 0 bridgehead atoms. The third-order valence-corrected chi connectivity index (χ3v) is 6.65. The van der Waals surface area contributed by atoms with Gasteiger partial charge in [-0.15, -0.1) is 0 Å². The number of nitrogens with zero attached hydrogens (tertiary/aromatic N) is 2. The van der Waals surface area contributed by atoms with E-state index < -0.39 is 52.7 Å². The Morgan fingerprint density at radius 2 is 1.91 bits per heavy atom. The van der Waals surface area contributed by atoms with Gasteiger partial charge in [-0.3, -0.25) is 9.78 Å². The Labute approximate surface area is 197 Å². The van der Waals surface area contributed by atoms with Gasteiger partial charge in [0.2, 0.25) is 5.82 Å². The minimum Gasteiger partial charge on any atom is -0.493 e. The van der Waals surface area contributed by atoms with Gasteiger partial charge < -0.3 is 14.5 Å². The van der Waals surface area contributed by atoms with E-state index in [0.29, 0.717) is 5.56 Å². The van der Waals surface area contributed by atoms with Crippen molar-refractivity contribution >= 4 is 0 Å². The molecule has 4 atom stereocenters. The van der Waals surface area contributed by atoms with Crippen LogP contribution in [0.15, 0.2) is 41.5 Å². The number of rotatable bonds is 4. The number of H-pyrrole nitrogens is 1. The Kier molecular flexibility index (Phi) is 6.16. The summed E-state index contributed by atoms with van der Waals surface area (Å²) in [6, 6.07) is 5.25. The lowest BCUT2D eigenvalue weighted by molar-refractivity contribution is -0.275. The van der Waals surface area contributed by atoms with Crippen LogP contribution in [-0.2, 0) is 4.74 Å². The topological polar surface area (TPSA) is 77.1 Å². The predicted molar refractivity (Wildman–Crippen MR) is 116 cm³/mol. The molecule has 1 saturated heterocycles. The standard InChI is InChI=1S/C24H22F5N3O3/c1-11-16(14-7-8-15(25)18(26)19(14)34-4)20(35-23(11,3)24(27,28)29)21-31-12(2)17(22(33)32-21)13-6-5-9-30-10-13/h5-11,16,20H,1-4H3,(H,31,32,33)/t11-,16-,20+,23+/m0/s1. The minimum atomic E-state index is -4.81. The third kappa shape index (κ3) is 3.97. The lowest BCUT2D eigenvalue weighted by Gasteiger charge is -2.32. The van der Waals surface area contributed by atoms with Crippen molar-refractivity contribution in [1.82, 2.24) is 15.0 Å². The molecule has 11 heteroatoms. The van der Waals surface area contributed by atoms with E-state index in [2.05, 4.69) is 15.0 Å². The zero-order chi connectivity index (χ0) is 25.7. The largest absolute Gasteiger partial charge is 0.493 e. The van der Waals surface area contributed by atoms with Gasteiger partial charge in [-0.25, -0.2) is 9.37 Å². The maximum atomic E-state index is 14.5. The molecule has 1 N–H and O–H groups in total. The SMILES string of the molecule is COc1c([C@H]2[C@H](c3nc(C)c(-c4cccnc4)c(=O)[nH]3)O[C@@](C)(C(F)(F)F)[C@H]2C)ccc(F)c1F. The van der Waals surface area contributed by atoms with Gasteiger partial charge in [0.15, 0.2) is 17.2 Å². The molecule has 0 amide bonds. The van der Waals surface area contributed by atoms with E-state index in [-0.39, 0.29) is 22.6 Å². The van der Waals surface area contributed by atoms with Gasteiger partial charge in [0.25, 0.3) is 5.56 Å². The Morgan fingerprint density at radius 3 is 2.49 bits per heavy atom. The lowest BCUT2D eigenvalue weighted by Crippen LogP contribution is -2.46. The van der Waals surface area contributed by atoms with Crippen molar-refractivity contribution in [3.63, 3.8) is 0 Å². The average molecular weight is 495 g/mol.